The fraction of sp³-hybridized carbons (Fsp3) is 0.444. The summed E-state index contributed by atoms with van der Waals surface area (Å²) < 4.78 is 5.15. The molecule has 0 N–H and O–H groups in total. The maximum Gasteiger partial charge on any atom is 0.0965 e. The molecule has 1 rings (SSSR count). The molecule has 0 bridgehead atoms. The van der Waals surface area contributed by atoms with Crippen LogP contribution in [0.15, 0.2) is 18.3 Å². The normalized spacial score (nSPS) is 13.0. The molecule has 1 aromatic rings. The van der Waals surface area contributed by atoms with Crippen LogP contribution in [0.5, 0.6) is 0 Å². The van der Waals surface area contributed by atoms with Gasteiger partial charge < -0.3 is 4.74 Å². The Bertz CT molecular complexity index is 235. The van der Waals surface area contributed by atoms with E-state index < -0.39 is 0 Å². The van der Waals surface area contributed by atoms with Gasteiger partial charge in [-0.2, -0.15) is 0 Å². The van der Waals surface area contributed by atoms with Gasteiger partial charge in [-0.1, -0.05) is 6.07 Å². The van der Waals surface area contributed by atoms with Gasteiger partial charge in [0.15, 0.2) is 0 Å². The summed E-state index contributed by atoms with van der Waals surface area (Å²) in [7, 11) is 1.69. The lowest BCUT2D eigenvalue weighted by Crippen LogP contribution is -2.00. The lowest BCUT2D eigenvalue weighted by molar-refractivity contribution is 0.115. The highest BCUT2D eigenvalue weighted by atomic mass is 16.5. The molecular weight excluding hydrogens is 138 g/mol. The first kappa shape index (κ1) is 8.21. The van der Waals surface area contributed by atoms with Crippen molar-refractivity contribution in [2.45, 2.75) is 20.0 Å². The zero-order valence-corrected chi connectivity index (χ0v) is 7.16. The van der Waals surface area contributed by atoms with Gasteiger partial charge in [-0.15, -0.1) is 0 Å². The number of ether oxygens (including phenoxy) is 1. The van der Waals surface area contributed by atoms with Crippen molar-refractivity contribution in [3.05, 3.63) is 29.6 Å². The maximum atomic E-state index is 5.15. The largest absolute Gasteiger partial charge is 0.375 e. The lowest BCUT2D eigenvalue weighted by Gasteiger charge is -2.10. The summed E-state index contributed by atoms with van der Waals surface area (Å²) >= 11 is 0. The topological polar surface area (TPSA) is 22.1 Å². The average molecular weight is 151 g/mol. The quantitative estimate of drug-likeness (QED) is 0.645. The number of aromatic nitrogens is 1. The highest BCUT2D eigenvalue weighted by Gasteiger charge is 2.06. The Morgan fingerprint density at radius 1 is 1.55 bits per heavy atom. The van der Waals surface area contributed by atoms with Crippen molar-refractivity contribution in [2.75, 3.05) is 7.11 Å². The minimum Gasteiger partial charge on any atom is -0.375 e. The Kier molecular flexibility index (Phi) is 2.60. The van der Waals surface area contributed by atoms with Crippen LogP contribution >= 0.6 is 0 Å². The second kappa shape index (κ2) is 3.49. The van der Waals surface area contributed by atoms with E-state index in [1.54, 1.807) is 13.3 Å². The fourth-order valence-corrected chi connectivity index (χ4v) is 1.04. The van der Waals surface area contributed by atoms with Gasteiger partial charge in [0.1, 0.15) is 0 Å². The molecule has 1 heterocycles. The van der Waals surface area contributed by atoms with E-state index in [0.717, 1.165) is 5.69 Å². The van der Waals surface area contributed by atoms with Crippen molar-refractivity contribution in [1.29, 1.82) is 0 Å². The van der Waals surface area contributed by atoms with Crippen LogP contribution in [-0.4, -0.2) is 12.1 Å². The standard InChI is InChI=1S/C9H13NO/c1-7-5-4-6-10-9(7)8(2)11-3/h4-6,8H,1-3H3/t8-/m0/s1. The number of pyridine rings is 1. The minimum atomic E-state index is 0.0937. The molecule has 11 heavy (non-hydrogen) atoms. The van der Waals surface area contributed by atoms with E-state index in [1.165, 1.54) is 5.56 Å². The van der Waals surface area contributed by atoms with Crippen molar-refractivity contribution in [1.82, 2.24) is 4.98 Å². The SMILES string of the molecule is CO[C@@H](C)c1ncccc1C. The van der Waals surface area contributed by atoms with Gasteiger partial charge in [0, 0.05) is 13.3 Å². The molecule has 0 aromatic carbocycles. The summed E-state index contributed by atoms with van der Waals surface area (Å²) in [4.78, 5) is 4.22. The molecule has 1 atom stereocenters. The number of methoxy groups -OCH3 is 1. The molecule has 0 amide bonds. The number of hydrogen-bond acceptors (Lipinski definition) is 2. The zero-order valence-electron chi connectivity index (χ0n) is 7.16. The molecule has 0 saturated heterocycles. The Balaban J connectivity index is 2.93. The van der Waals surface area contributed by atoms with E-state index >= 15 is 0 Å². The molecule has 0 spiro atoms. The predicted molar refractivity (Wildman–Crippen MR) is 44.4 cm³/mol. The van der Waals surface area contributed by atoms with Crippen LogP contribution in [-0.2, 0) is 4.74 Å². The summed E-state index contributed by atoms with van der Waals surface area (Å²) in [6.45, 7) is 4.03. The molecule has 0 aliphatic rings. The first-order valence-electron chi connectivity index (χ1n) is 3.70. The third kappa shape index (κ3) is 1.77. The van der Waals surface area contributed by atoms with Crippen molar-refractivity contribution in [2.24, 2.45) is 0 Å². The third-order valence-corrected chi connectivity index (χ3v) is 1.79. The summed E-state index contributed by atoms with van der Waals surface area (Å²) in [5.74, 6) is 0. The van der Waals surface area contributed by atoms with Gasteiger partial charge in [-0.3, -0.25) is 4.98 Å². The van der Waals surface area contributed by atoms with Crippen LogP contribution < -0.4 is 0 Å². The first-order chi connectivity index (χ1) is 5.25. The van der Waals surface area contributed by atoms with Crippen LogP contribution in [0, 0.1) is 6.92 Å². The number of rotatable bonds is 2. The monoisotopic (exact) mass is 151 g/mol. The molecule has 0 aliphatic carbocycles. The summed E-state index contributed by atoms with van der Waals surface area (Å²) in [5, 5.41) is 0. The number of aryl methyl sites for hydroxylation is 1. The van der Waals surface area contributed by atoms with E-state index in [-0.39, 0.29) is 6.10 Å². The van der Waals surface area contributed by atoms with Crippen molar-refractivity contribution < 1.29 is 4.74 Å². The predicted octanol–water partition coefficient (Wildman–Crippen LogP) is 2.10. The Morgan fingerprint density at radius 2 is 2.27 bits per heavy atom. The second-order valence-electron chi connectivity index (χ2n) is 2.58. The number of nitrogens with zero attached hydrogens (tertiary/aromatic N) is 1. The van der Waals surface area contributed by atoms with E-state index in [9.17, 15) is 0 Å². The highest BCUT2D eigenvalue weighted by molar-refractivity contribution is 5.19. The molecule has 0 fully saturated rings. The Hall–Kier alpha value is -0.890. The van der Waals surface area contributed by atoms with Crippen molar-refractivity contribution >= 4 is 0 Å². The van der Waals surface area contributed by atoms with E-state index in [4.69, 9.17) is 4.74 Å². The lowest BCUT2D eigenvalue weighted by atomic mass is 10.1. The van der Waals surface area contributed by atoms with Crippen LogP contribution in [0.3, 0.4) is 0 Å². The molecule has 2 nitrogen and oxygen atoms in total. The van der Waals surface area contributed by atoms with Crippen molar-refractivity contribution in [3.63, 3.8) is 0 Å². The van der Waals surface area contributed by atoms with Crippen LogP contribution in [0.25, 0.3) is 0 Å². The highest BCUT2D eigenvalue weighted by Crippen LogP contribution is 2.15. The Morgan fingerprint density at radius 3 is 2.82 bits per heavy atom. The molecule has 0 aliphatic heterocycles. The van der Waals surface area contributed by atoms with Crippen molar-refractivity contribution in [3.8, 4) is 0 Å². The van der Waals surface area contributed by atoms with Gasteiger partial charge in [-0.05, 0) is 25.5 Å². The van der Waals surface area contributed by atoms with Gasteiger partial charge in [0.2, 0.25) is 0 Å². The molecule has 0 radical (unpaired) electrons. The van der Waals surface area contributed by atoms with Crippen LogP contribution in [0.1, 0.15) is 24.3 Å². The van der Waals surface area contributed by atoms with Gasteiger partial charge in [0.05, 0.1) is 11.8 Å². The van der Waals surface area contributed by atoms with E-state index in [2.05, 4.69) is 4.98 Å². The average Bonchev–Trinajstić information content (AvgIpc) is 2.04. The number of hydrogen-bond donors (Lipinski definition) is 0. The molecule has 0 unspecified atom stereocenters. The molecule has 60 valence electrons. The molecule has 2 heteroatoms. The second-order valence-corrected chi connectivity index (χ2v) is 2.58. The smallest absolute Gasteiger partial charge is 0.0965 e. The van der Waals surface area contributed by atoms with Gasteiger partial charge >= 0.3 is 0 Å². The maximum absolute atomic E-state index is 5.15. The summed E-state index contributed by atoms with van der Waals surface area (Å²) in [5.41, 5.74) is 2.21. The van der Waals surface area contributed by atoms with Gasteiger partial charge in [0.25, 0.3) is 0 Å². The minimum absolute atomic E-state index is 0.0937. The molecule has 0 saturated carbocycles. The summed E-state index contributed by atoms with van der Waals surface area (Å²) in [6.07, 6.45) is 1.88. The Labute approximate surface area is 67.2 Å². The fourth-order valence-electron chi connectivity index (χ4n) is 1.04. The van der Waals surface area contributed by atoms with E-state index in [1.807, 2.05) is 26.0 Å². The molecular formula is C9H13NO. The summed E-state index contributed by atoms with van der Waals surface area (Å²) in [6, 6.07) is 3.97. The third-order valence-electron chi connectivity index (χ3n) is 1.79. The van der Waals surface area contributed by atoms with Gasteiger partial charge in [-0.25, -0.2) is 0 Å². The van der Waals surface area contributed by atoms with Crippen LogP contribution in [0.2, 0.25) is 0 Å². The van der Waals surface area contributed by atoms with Crippen LogP contribution in [0.4, 0.5) is 0 Å². The molecule has 1 aromatic heterocycles. The first-order valence-corrected chi connectivity index (χ1v) is 3.70. The zero-order chi connectivity index (χ0) is 8.27. The van der Waals surface area contributed by atoms with E-state index in [0.29, 0.717) is 0 Å².